The van der Waals surface area contributed by atoms with Crippen molar-refractivity contribution in [2.45, 2.75) is 24.7 Å². The fourth-order valence-corrected chi connectivity index (χ4v) is 2.77. The van der Waals surface area contributed by atoms with Gasteiger partial charge in [0.15, 0.2) is 0 Å². The second-order valence-electron chi connectivity index (χ2n) is 5.31. The normalized spacial score (nSPS) is 16.2. The maximum Gasteiger partial charge on any atom is 0.235 e. The van der Waals surface area contributed by atoms with E-state index < -0.39 is 5.41 Å². The molecule has 102 valence electrons. The average Bonchev–Trinajstić information content (AvgIpc) is 2.38. The van der Waals surface area contributed by atoms with Gasteiger partial charge in [0.2, 0.25) is 5.91 Å². The molecule has 0 bridgehead atoms. The van der Waals surface area contributed by atoms with Crippen molar-refractivity contribution in [3.05, 3.63) is 60.2 Å². The maximum atomic E-state index is 12.6. The minimum Gasteiger partial charge on any atom is -0.508 e. The Morgan fingerprint density at radius 3 is 2.40 bits per heavy atom. The van der Waals surface area contributed by atoms with E-state index in [-0.39, 0.29) is 11.7 Å². The zero-order chi connectivity index (χ0) is 14.0. The molecule has 0 saturated heterocycles. The van der Waals surface area contributed by atoms with Crippen LogP contribution in [-0.2, 0) is 10.2 Å². The number of nitrogens with one attached hydrogen (secondary N) is 1. The Balaban J connectivity index is 1.85. The van der Waals surface area contributed by atoms with Gasteiger partial charge < -0.3 is 10.4 Å². The van der Waals surface area contributed by atoms with Gasteiger partial charge in [0.25, 0.3) is 0 Å². The highest BCUT2D eigenvalue weighted by Crippen LogP contribution is 2.44. The SMILES string of the molecule is O=C(Nc1cccc(O)c1)C1(c2ccccc2)CCC1. The van der Waals surface area contributed by atoms with Gasteiger partial charge in [0.05, 0.1) is 5.41 Å². The molecule has 0 unspecified atom stereocenters. The lowest BCUT2D eigenvalue weighted by molar-refractivity contribution is -0.124. The number of carbonyl (C=O) groups is 1. The lowest BCUT2D eigenvalue weighted by Gasteiger charge is -2.40. The molecule has 0 heterocycles. The maximum absolute atomic E-state index is 12.6. The molecule has 1 saturated carbocycles. The van der Waals surface area contributed by atoms with Gasteiger partial charge in [-0.05, 0) is 30.5 Å². The minimum absolute atomic E-state index is 0.0144. The summed E-state index contributed by atoms with van der Waals surface area (Å²) in [5.74, 6) is 0.172. The summed E-state index contributed by atoms with van der Waals surface area (Å²) in [6.07, 6.45) is 2.83. The molecular formula is C17H17NO2. The summed E-state index contributed by atoms with van der Waals surface area (Å²) in [6.45, 7) is 0. The van der Waals surface area contributed by atoms with Gasteiger partial charge in [-0.15, -0.1) is 0 Å². The third-order valence-corrected chi connectivity index (χ3v) is 4.07. The van der Waals surface area contributed by atoms with Gasteiger partial charge in [0.1, 0.15) is 5.75 Å². The zero-order valence-electron chi connectivity index (χ0n) is 11.2. The molecule has 20 heavy (non-hydrogen) atoms. The summed E-state index contributed by atoms with van der Waals surface area (Å²) in [4.78, 5) is 12.6. The lowest BCUT2D eigenvalue weighted by Crippen LogP contribution is -2.45. The smallest absolute Gasteiger partial charge is 0.235 e. The van der Waals surface area contributed by atoms with Crippen molar-refractivity contribution >= 4 is 11.6 Å². The van der Waals surface area contributed by atoms with E-state index in [1.807, 2.05) is 30.3 Å². The number of anilines is 1. The Morgan fingerprint density at radius 1 is 1.05 bits per heavy atom. The van der Waals surface area contributed by atoms with E-state index >= 15 is 0 Å². The van der Waals surface area contributed by atoms with Crippen molar-refractivity contribution in [1.29, 1.82) is 0 Å². The highest BCUT2D eigenvalue weighted by molar-refractivity contribution is 6.00. The Bertz CT molecular complexity index is 618. The lowest BCUT2D eigenvalue weighted by atomic mass is 9.64. The monoisotopic (exact) mass is 267 g/mol. The number of phenols is 1. The number of amides is 1. The van der Waals surface area contributed by atoms with E-state index in [2.05, 4.69) is 5.32 Å². The van der Waals surface area contributed by atoms with Gasteiger partial charge >= 0.3 is 0 Å². The summed E-state index contributed by atoms with van der Waals surface area (Å²) in [7, 11) is 0. The summed E-state index contributed by atoms with van der Waals surface area (Å²) in [5.41, 5.74) is 1.30. The summed E-state index contributed by atoms with van der Waals surface area (Å²) in [5, 5.41) is 12.4. The predicted molar refractivity (Wildman–Crippen MR) is 78.7 cm³/mol. The molecule has 2 N–H and O–H groups in total. The quantitative estimate of drug-likeness (QED) is 0.894. The van der Waals surface area contributed by atoms with Crippen molar-refractivity contribution in [3.63, 3.8) is 0 Å². The highest BCUT2D eigenvalue weighted by Gasteiger charge is 2.45. The van der Waals surface area contributed by atoms with E-state index in [0.717, 1.165) is 24.8 Å². The molecule has 1 amide bonds. The minimum atomic E-state index is -0.410. The molecule has 0 spiro atoms. The van der Waals surface area contributed by atoms with Crippen LogP contribution in [0.4, 0.5) is 5.69 Å². The van der Waals surface area contributed by atoms with Crippen LogP contribution >= 0.6 is 0 Å². The van der Waals surface area contributed by atoms with Gasteiger partial charge in [-0.2, -0.15) is 0 Å². The van der Waals surface area contributed by atoms with Crippen LogP contribution in [0.25, 0.3) is 0 Å². The highest BCUT2D eigenvalue weighted by atomic mass is 16.3. The van der Waals surface area contributed by atoms with Crippen LogP contribution in [-0.4, -0.2) is 11.0 Å². The number of benzene rings is 2. The average molecular weight is 267 g/mol. The largest absolute Gasteiger partial charge is 0.508 e. The first-order chi connectivity index (χ1) is 9.71. The molecule has 0 aromatic heterocycles. The van der Waals surface area contributed by atoms with Crippen molar-refractivity contribution < 1.29 is 9.90 Å². The van der Waals surface area contributed by atoms with Crippen LogP contribution in [0.5, 0.6) is 5.75 Å². The van der Waals surface area contributed by atoms with Crippen LogP contribution in [0.1, 0.15) is 24.8 Å². The van der Waals surface area contributed by atoms with E-state index in [1.54, 1.807) is 24.3 Å². The van der Waals surface area contributed by atoms with Crippen LogP contribution in [0.2, 0.25) is 0 Å². The number of rotatable bonds is 3. The number of phenolic OH excluding ortho intramolecular Hbond substituents is 1. The van der Waals surface area contributed by atoms with Crippen LogP contribution in [0.15, 0.2) is 54.6 Å². The van der Waals surface area contributed by atoms with Crippen molar-refractivity contribution in [2.24, 2.45) is 0 Å². The fourth-order valence-electron chi connectivity index (χ4n) is 2.77. The van der Waals surface area contributed by atoms with E-state index in [1.165, 1.54) is 0 Å². The molecule has 3 heteroatoms. The molecular weight excluding hydrogens is 250 g/mol. The van der Waals surface area contributed by atoms with Gasteiger partial charge in [0, 0.05) is 11.8 Å². The number of aromatic hydroxyl groups is 1. The molecule has 1 fully saturated rings. The third-order valence-electron chi connectivity index (χ3n) is 4.07. The first-order valence-corrected chi connectivity index (χ1v) is 6.87. The molecule has 3 rings (SSSR count). The first-order valence-electron chi connectivity index (χ1n) is 6.87. The van der Waals surface area contributed by atoms with Gasteiger partial charge in [-0.25, -0.2) is 0 Å². The fraction of sp³-hybridized carbons (Fsp3) is 0.235. The van der Waals surface area contributed by atoms with Crippen LogP contribution in [0.3, 0.4) is 0 Å². The Labute approximate surface area is 118 Å². The van der Waals surface area contributed by atoms with Gasteiger partial charge in [-0.3, -0.25) is 4.79 Å². The summed E-state index contributed by atoms with van der Waals surface area (Å²) in [6, 6.07) is 16.6. The second kappa shape index (κ2) is 5.00. The van der Waals surface area contributed by atoms with E-state index in [4.69, 9.17) is 0 Å². The molecule has 2 aromatic rings. The summed E-state index contributed by atoms with van der Waals surface area (Å²) < 4.78 is 0. The zero-order valence-corrected chi connectivity index (χ0v) is 11.2. The molecule has 0 aliphatic heterocycles. The Hall–Kier alpha value is -2.29. The molecule has 1 aliphatic rings. The molecule has 1 aliphatic carbocycles. The molecule has 0 radical (unpaired) electrons. The first kappa shape index (κ1) is 12.7. The molecule has 2 aromatic carbocycles. The summed E-state index contributed by atoms with van der Waals surface area (Å²) >= 11 is 0. The van der Waals surface area contributed by atoms with Crippen LogP contribution in [0, 0.1) is 0 Å². The molecule has 3 nitrogen and oxygen atoms in total. The third kappa shape index (κ3) is 2.16. The van der Waals surface area contributed by atoms with Crippen LogP contribution < -0.4 is 5.32 Å². The van der Waals surface area contributed by atoms with E-state index in [9.17, 15) is 9.90 Å². The van der Waals surface area contributed by atoms with Crippen molar-refractivity contribution in [1.82, 2.24) is 0 Å². The Kier molecular flexibility index (Phi) is 3.18. The number of hydrogen-bond donors (Lipinski definition) is 2. The van der Waals surface area contributed by atoms with E-state index in [0.29, 0.717) is 5.69 Å². The van der Waals surface area contributed by atoms with Crippen molar-refractivity contribution in [2.75, 3.05) is 5.32 Å². The Morgan fingerprint density at radius 2 is 1.80 bits per heavy atom. The second-order valence-corrected chi connectivity index (χ2v) is 5.31. The predicted octanol–water partition coefficient (Wildman–Crippen LogP) is 3.45. The standard InChI is InChI=1S/C17H17NO2/c19-15-9-4-8-14(12-15)18-16(20)17(10-5-11-17)13-6-2-1-3-7-13/h1-4,6-9,12,19H,5,10-11H2,(H,18,20). The number of carbonyl (C=O) groups excluding carboxylic acids is 1. The van der Waals surface area contributed by atoms with Crippen molar-refractivity contribution in [3.8, 4) is 5.75 Å². The topological polar surface area (TPSA) is 49.3 Å². The van der Waals surface area contributed by atoms with Gasteiger partial charge in [-0.1, -0.05) is 42.8 Å². The number of hydrogen-bond acceptors (Lipinski definition) is 2. The molecule has 0 atom stereocenters.